The van der Waals surface area contributed by atoms with Gasteiger partial charge in [0.15, 0.2) is 11.1 Å². The van der Waals surface area contributed by atoms with Gasteiger partial charge < -0.3 is 11.5 Å². The molecule has 0 aromatic heterocycles. The van der Waals surface area contributed by atoms with Crippen molar-refractivity contribution in [1.82, 2.24) is 0 Å². The van der Waals surface area contributed by atoms with E-state index in [0.29, 0.717) is 5.75 Å². The molecule has 0 unspecified atom stereocenters. The van der Waals surface area contributed by atoms with E-state index in [9.17, 15) is 0 Å². The van der Waals surface area contributed by atoms with Crippen LogP contribution in [0.4, 0.5) is 0 Å². The van der Waals surface area contributed by atoms with Crippen molar-refractivity contribution < 1.29 is 0 Å². The van der Waals surface area contributed by atoms with Gasteiger partial charge in [-0.25, -0.2) is 0 Å². The van der Waals surface area contributed by atoms with Gasteiger partial charge in [0.1, 0.15) is 0 Å². The molecule has 56 valence electrons. The van der Waals surface area contributed by atoms with Crippen molar-refractivity contribution in [2.75, 3.05) is 5.75 Å². The smallest absolute Gasteiger partial charge is 0.193 e. The number of hydrogen-bond donors (Lipinski definition) is 3. The fraction of sp³-hybridized carbons (Fsp3) is 0.200. The Morgan fingerprint density at radius 2 is 2.30 bits per heavy atom. The Bertz CT molecular complexity index is 159. The number of nitrogens with two attached hydrogens (primary N) is 2. The summed E-state index contributed by atoms with van der Waals surface area (Å²) in [5, 5.41) is 7.20. The second-order valence-corrected chi connectivity index (χ2v) is 2.45. The minimum Gasteiger partial charge on any atom is -0.370 e. The molecule has 0 aromatic rings. The molecule has 5 heteroatoms. The average molecular weight is 158 g/mol. The molecule has 0 radical (unpaired) electrons. The quantitative estimate of drug-likeness (QED) is 0.303. The predicted octanol–water partition coefficient (Wildman–Crippen LogP) is 0.114. The molecule has 0 saturated carbocycles. The van der Waals surface area contributed by atoms with Crippen LogP contribution in [0.3, 0.4) is 0 Å². The molecule has 4 nitrogen and oxygen atoms in total. The second kappa shape index (κ2) is 4.87. The van der Waals surface area contributed by atoms with Gasteiger partial charge in [0.05, 0.1) is 0 Å². The second-order valence-electron chi connectivity index (χ2n) is 1.44. The summed E-state index contributed by atoms with van der Waals surface area (Å²) >= 11 is 1.22. The highest BCUT2D eigenvalue weighted by Gasteiger charge is 1.91. The van der Waals surface area contributed by atoms with Crippen LogP contribution in [0, 0.1) is 5.41 Å². The zero-order valence-electron chi connectivity index (χ0n) is 5.50. The first-order valence-electron chi connectivity index (χ1n) is 2.58. The van der Waals surface area contributed by atoms with Crippen molar-refractivity contribution in [2.24, 2.45) is 16.5 Å². The predicted molar refractivity (Wildman–Crippen MR) is 46.2 cm³/mol. The van der Waals surface area contributed by atoms with Crippen LogP contribution in [0.5, 0.6) is 0 Å². The molecule has 0 fully saturated rings. The zero-order chi connectivity index (χ0) is 7.98. The summed E-state index contributed by atoms with van der Waals surface area (Å²) in [5.74, 6) is 0.567. The molecule has 0 rings (SSSR count). The van der Waals surface area contributed by atoms with E-state index in [4.69, 9.17) is 16.9 Å². The molecule has 5 N–H and O–H groups in total. The van der Waals surface area contributed by atoms with Crippen LogP contribution in [-0.4, -0.2) is 16.9 Å². The maximum Gasteiger partial charge on any atom is 0.193 e. The molecular weight excluding hydrogens is 148 g/mol. The van der Waals surface area contributed by atoms with Crippen LogP contribution in [0.15, 0.2) is 17.6 Å². The SMILES string of the molecule is C=CCSC(=N)N=C(N)N. The van der Waals surface area contributed by atoms with Crippen molar-refractivity contribution in [3.63, 3.8) is 0 Å². The summed E-state index contributed by atoms with van der Waals surface area (Å²) in [6, 6.07) is 0. The largest absolute Gasteiger partial charge is 0.370 e. The fourth-order valence-electron chi connectivity index (χ4n) is 0.287. The van der Waals surface area contributed by atoms with Crippen LogP contribution in [-0.2, 0) is 0 Å². The van der Waals surface area contributed by atoms with Gasteiger partial charge in [0.2, 0.25) is 0 Å². The fourth-order valence-corrected chi connectivity index (χ4v) is 0.733. The summed E-state index contributed by atoms with van der Waals surface area (Å²) in [5.41, 5.74) is 10.0. The number of guanidine groups is 1. The van der Waals surface area contributed by atoms with Crippen molar-refractivity contribution >= 4 is 22.9 Å². The third-order valence-electron chi connectivity index (χ3n) is 0.569. The van der Waals surface area contributed by atoms with E-state index in [-0.39, 0.29) is 11.1 Å². The Morgan fingerprint density at radius 3 is 2.70 bits per heavy atom. The van der Waals surface area contributed by atoms with Crippen molar-refractivity contribution in [3.8, 4) is 0 Å². The third kappa shape index (κ3) is 5.17. The minimum absolute atomic E-state index is 0.0819. The first-order valence-corrected chi connectivity index (χ1v) is 3.57. The van der Waals surface area contributed by atoms with Gasteiger partial charge in [-0.05, 0) is 0 Å². The average Bonchev–Trinajstić information content (AvgIpc) is 1.82. The van der Waals surface area contributed by atoms with Crippen molar-refractivity contribution in [3.05, 3.63) is 12.7 Å². The number of aliphatic imine (C=N–C) groups is 1. The standard InChI is InChI=1S/C5H10N4S/c1-2-3-10-5(8)9-4(6)7/h2H,1,3H2,(H5,6,7,8,9). The van der Waals surface area contributed by atoms with Crippen LogP contribution in [0.25, 0.3) is 0 Å². The topological polar surface area (TPSA) is 88.2 Å². The van der Waals surface area contributed by atoms with E-state index in [0.717, 1.165) is 0 Å². The van der Waals surface area contributed by atoms with Crippen LogP contribution >= 0.6 is 11.8 Å². The Morgan fingerprint density at radius 1 is 1.70 bits per heavy atom. The first kappa shape index (κ1) is 9.03. The van der Waals surface area contributed by atoms with Gasteiger partial charge in [-0.3, -0.25) is 5.41 Å². The summed E-state index contributed by atoms with van der Waals surface area (Å²) in [7, 11) is 0. The van der Waals surface area contributed by atoms with Gasteiger partial charge in [-0.1, -0.05) is 17.8 Å². The third-order valence-corrected chi connectivity index (χ3v) is 1.34. The lowest BCUT2D eigenvalue weighted by Gasteiger charge is -1.92. The Labute approximate surface area is 63.9 Å². The van der Waals surface area contributed by atoms with Crippen molar-refractivity contribution in [1.29, 1.82) is 5.41 Å². The number of hydrogen-bond acceptors (Lipinski definition) is 2. The van der Waals surface area contributed by atoms with Gasteiger partial charge in [-0.2, -0.15) is 4.99 Å². The molecule has 0 aromatic carbocycles. The van der Waals surface area contributed by atoms with E-state index in [2.05, 4.69) is 11.6 Å². The Kier molecular flexibility index (Phi) is 4.39. The molecule has 0 amide bonds. The van der Waals surface area contributed by atoms with Gasteiger partial charge in [0, 0.05) is 5.75 Å². The maximum atomic E-state index is 7.09. The zero-order valence-corrected chi connectivity index (χ0v) is 6.32. The number of nitrogens with one attached hydrogen (secondary N) is 1. The number of rotatable bonds is 2. The highest BCUT2D eigenvalue weighted by atomic mass is 32.2. The van der Waals surface area contributed by atoms with Crippen LogP contribution < -0.4 is 11.5 Å². The monoisotopic (exact) mass is 158 g/mol. The molecule has 0 bridgehead atoms. The number of thioether (sulfide) groups is 1. The Balaban J connectivity index is 3.64. The number of amidine groups is 1. The van der Waals surface area contributed by atoms with Gasteiger partial charge in [-0.15, -0.1) is 6.58 Å². The summed E-state index contributed by atoms with van der Waals surface area (Å²) in [6.45, 7) is 3.48. The van der Waals surface area contributed by atoms with Gasteiger partial charge >= 0.3 is 0 Å². The van der Waals surface area contributed by atoms with E-state index in [1.165, 1.54) is 11.8 Å². The lowest BCUT2D eigenvalue weighted by Crippen LogP contribution is -2.23. The number of nitrogens with zero attached hydrogens (tertiary/aromatic N) is 1. The summed E-state index contributed by atoms with van der Waals surface area (Å²) in [4.78, 5) is 3.49. The van der Waals surface area contributed by atoms with E-state index < -0.39 is 0 Å². The highest BCUT2D eigenvalue weighted by Crippen LogP contribution is 2.01. The van der Waals surface area contributed by atoms with Gasteiger partial charge in [0.25, 0.3) is 0 Å². The normalized spacial score (nSPS) is 8.40. The molecular formula is C5H10N4S. The minimum atomic E-state index is -0.0819. The maximum absolute atomic E-state index is 7.09. The first-order chi connectivity index (χ1) is 4.66. The molecule has 10 heavy (non-hydrogen) atoms. The summed E-state index contributed by atoms with van der Waals surface area (Å²) in [6.07, 6.45) is 1.68. The van der Waals surface area contributed by atoms with Crippen molar-refractivity contribution in [2.45, 2.75) is 0 Å². The lowest BCUT2D eigenvalue weighted by atomic mass is 10.8. The molecule has 0 atom stereocenters. The molecule has 0 aliphatic rings. The van der Waals surface area contributed by atoms with E-state index in [1.54, 1.807) is 6.08 Å². The molecule has 0 saturated heterocycles. The van der Waals surface area contributed by atoms with Crippen LogP contribution in [0.2, 0.25) is 0 Å². The molecule has 0 heterocycles. The lowest BCUT2D eigenvalue weighted by molar-refractivity contribution is 1.44. The highest BCUT2D eigenvalue weighted by molar-refractivity contribution is 8.13. The van der Waals surface area contributed by atoms with E-state index >= 15 is 0 Å². The summed E-state index contributed by atoms with van der Waals surface area (Å²) < 4.78 is 0. The van der Waals surface area contributed by atoms with Crippen LogP contribution in [0.1, 0.15) is 0 Å². The molecule has 0 aliphatic heterocycles. The van der Waals surface area contributed by atoms with E-state index in [1.807, 2.05) is 0 Å². The Hall–Kier alpha value is -0.970. The molecule has 0 aliphatic carbocycles. The molecule has 0 spiro atoms.